The number of nitrogens with zero attached hydrogens (tertiary/aromatic N) is 5. The van der Waals surface area contributed by atoms with Crippen molar-refractivity contribution in [3.8, 4) is 6.07 Å². The lowest BCUT2D eigenvalue weighted by atomic mass is 10.1. The van der Waals surface area contributed by atoms with Gasteiger partial charge in [-0.1, -0.05) is 35.4 Å². The second-order valence-corrected chi connectivity index (χ2v) is 4.77. The Labute approximate surface area is 132 Å². The Bertz CT molecular complexity index is 848. The average molecular weight is 304 g/mol. The Kier molecular flexibility index (Phi) is 4.07. The predicted octanol–water partition coefficient (Wildman–Crippen LogP) is 1.85. The number of benzene rings is 2. The van der Waals surface area contributed by atoms with Crippen LogP contribution in [0.4, 0.5) is 5.95 Å². The zero-order chi connectivity index (χ0) is 16.1. The number of carbonyl (C=O) groups is 1. The molecule has 0 unspecified atom stereocenters. The first-order chi connectivity index (χ1) is 11.2. The van der Waals surface area contributed by atoms with E-state index < -0.39 is 0 Å². The van der Waals surface area contributed by atoms with Crippen molar-refractivity contribution in [2.24, 2.45) is 0 Å². The summed E-state index contributed by atoms with van der Waals surface area (Å²) in [5.41, 5.74) is 2.05. The van der Waals surface area contributed by atoms with E-state index in [1.54, 1.807) is 36.4 Å². The molecular weight excluding hydrogens is 292 g/mol. The summed E-state index contributed by atoms with van der Waals surface area (Å²) in [6, 6.07) is 18.0. The molecule has 0 saturated heterocycles. The fourth-order valence-corrected chi connectivity index (χ4v) is 1.97. The molecule has 1 heterocycles. The van der Waals surface area contributed by atoms with Crippen LogP contribution in [-0.4, -0.2) is 26.1 Å². The first-order valence-corrected chi connectivity index (χ1v) is 6.88. The van der Waals surface area contributed by atoms with Gasteiger partial charge in [-0.2, -0.15) is 10.1 Å². The summed E-state index contributed by atoms with van der Waals surface area (Å²) in [7, 11) is 0. The third-order valence-electron chi connectivity index (χ3n) is 3.12. The number of carbonyl (C=O) groups excluding carboxylic acids is 1. The molecule has 0 aliphatic heterocycles. The minimum absolute atomic E-state index is 0.146. The van der Waals surface area contributed by atoms with Gasteiger partial charge in [-0.3, -0.25) is 10.1 Å². The smallest absolute Gasteiger partial charge is 0.270 e. The molecule has 0 bridgehead atoms. The topological polar surface area (TPSA) is 96.5 Å². The monoisotopic (exact) mass is 304 g/mol. The van der Waals surface area contributed by atoms with Gasteiger partial charge in [0.15, 0.2) is 0 Å². The molecule has 3 aromatic rings. The molecule has 3 rings (SSSR count). The standard InChI is InChI=1S/C16H12N6O/c17-10-12-6-8-13(9-7-12)11-22-20-16(19-21-22)18-15(23)14-4-2-1-3-5-14/h1-9H,11H2,(H,18,20,23). The summed E-state index contributed by atoms with van der Waals surface area (Å²) in [4.78, 5) is 13.4. The molecule has 1 amide bonds. The fourth-order valence-electron chi connectivity index (χ4n) is 1.97. The van der Waals surface area contributed by atoms with Gasteiger partial charge in [0, 0.05) is 5.56 Å². The number of rotatable bonds is 4. The second-order valence-electron chi connectivity index (χ2n) is 4.77. The van der Waals surface area contributed by atoms with E-state index in [0.717, 1.165) is 5.56 Å². The molecule has 23 heavy (non-hydrogen) atoms. The molecule has 0 atom stereocenters. The molecule has 1 aromatic heterocycles. The summed E-state index contributed by atoms with van der Waals surface area (Å²) in [5, 5.41) is 23.2. The Morgan fingerprint density at radius 1 is 1.13 bits per heavy atom. The molecule has 0 aliphatic rings. The predicted molar refractivity (Wildman–Crippen MR) is 82.5 cm³/mol. The number of aromatic nitrogens is 4. The molecular formula is C16H12N6O. The van der Waals surface area contributed by atoms with Crippen molar-refractivity contribution in [2.45, 2.75) is 6.54 Å². The average Bonchev–Trinajstić information content (AvgIpc) is 3.03. The third kappa shape index (κ3) is 3.57. The summed E-state index contributed by atoms with van der Waals surface area (Å²) < 4.78 is 0. The number of hydrogen-bond donors (Lipinski definition) is 1. The van der Waals surface area contributed by atoms with Crippen LogP contribution in [0.5, 0.6) is 0 Å². The molecule has 0 spiro atoms. The Morgan fingerprint density at radius 2 is 1.87 bits per heavy atom. The number of nitriles is 1. The lowest BCUT2D eigenvalue weighted by Crippen LogP contribution is -2.13. The molecule has 0 fully saturated rings. The van der Waals surface area contributed by atoms with Gasteiger partial charge in [-0.25, -0.2) is 0 Å². The zero-order valence-electron chi connectivity index (χ0n) is 12.0. The highest BCUT2D eigenvalue weighted by Crippen LogP contribution is 2.06. The van der Waals surface area contributed by atoms with Gasteiger partial charge in [0.05, 0.1) is 18.2 Å². The summed E-state index contributed by atoms with van der Waals surface area (Å²) in [6.07, 6.45) is 0. The van der Waals surface area contributed by atoms with Crippen LogP contribution in [0.1, 0.15) is 21.5 Å². The maximum absolute atomic E-state index is 12.0. The zero-order valence-corrected chi connectivity index (χ0v) is 12.0. The minimum Gasteiger partial charge on any atom is -0.288 e. The second kappa shape index (κ2) is 6.49. The van der Waals surface area contributed by atoms with E-state index in [0.29, 0.717) is 17.7 Å². The number of tetrazole rings is 1. The number of anilines is 1. The van der Waals surface area contributed by atoms with Crippen LogP contribution in [0.2, 0.25) is 0 Å². The molecule has 2 aromatic carbocycles. The number of nitrogens with one attached hydrogen (secondary N) is 1. The maximum Gasteiger partial charge on any atom is 0.270 e. The van der Waals surface area contributed by atoms with Crippen molar-refractivity contribution in [3.05, 3.63) is 71.3 Å². The lowest BCUT2D eigenvalue weighted by Gasteiger charge is -2.00. The number of hydrogen-bond acceptors (Lipinski definition) is 5. The fraction of sp³-hybridized carbons (Fsp3) is 0.0625. The van der Waals surface area contributed by atoms with Crippen molar-refractivity contribution >= 4 is 11.9 Å². The highest BCUT2D eigenvalue weighted by molar-refractivity contribution is 6.03. The highest BCUT2D eigenvalue weighted by Gasteiger charge is 2.09. The van der Waals surface area contributed by atoms with Crippen LogP contribution >= 0.6 is 0 Å². The van der Waals surface area contributed by atoms with Crippen molar-refractivity contribution in [1.29, 1.82) is 5.26 Å². The highest BCUT2D eigenvalue weighted by atomic mass is 16.1. The lowest BCUT2D eigenvalue weighted by molar-refractivity contribution is 0.102. The first kappa shape index (κ1) is 14.4. The van der Waals surface area contributed by atoms with Crippen LogP contribution in [0.3, 0.4) is 0 Å². The normalized spacial score (nSPS) is 10.0. The molecule has 7 nitrogen and oxygen atoms in total. The van der Waals surface area contributed by atoms with Gasteiger partial charge < -0.3 is 0 Å². The molecule has 112 valence electrons. The Morgan fingerprint density at radius 3 is 2.57 bits per heavy atom. The van der Waals surface area contributed by atoms with Gasteiger partial charge in [0.25, 0.3) is 11.9 Å². The van der Waals surface area contributed by atoms with Gasteiger partial charge in [-0.15, -0.1) is 5.10 Å². The van der Waals surface area contributed by atoms with Crippen LogP contribution in [0.25, 0.3) is 0 Å². The summed E-state index contributed by atoms with van der Waals surface area (Å²) in [5.74, 6) is -0.143. The Hall–Kier alpha value is -3.53. The maximum atomic E-state index is 12.0. The molecule has 7 heteroatoms. The molecule has 1 N–H and O–H groups in total. The van der Waals surface area contributed by atoms with E-state index in [2.05, 4.69) is 26.8 Å². The van der Waals surface area contributed by atoms with E-state index in [1.807, 2.05) is 18.2 Å². The van der Waals surface area contributed by atoms with Gasteiger partial charge in [0.1, 0.15) is 0 Å². The van der Waals surface area contributed by atoms with E-state index in [-0.39, 0.29) is 11.9 Å². The van der Waals surface area contributed by atoms with E-state index in [1.165, 1.54) is 4.80 Å². The van der Waals surface area contributed by atoms with Crippen LogP contribution in [0.15, 0.2) is 54.6 Å². The molecule has 0 radical (unpaired) electrons. The Balaban J connectivity index is 1.66. The third-order valence-corrected chi connectivity index (χ3v) is 3.12. The summed E-state index contributed by atoms with van der Waals surface area (Å²) in [6.45, 7) is 0.403. The van der Waals surface area contributed by atoms with Crippen LogP contribution < -0.4 is 5.32 Å². The molecule has 0 saturated carbocycles. The van der Waals surface area contributed by atoms with E-state index in [4.69, 9.17) is 5.26 Å². The number of amides is 1. The van der Waals surface area contributed by atoms with Crippen molar-refractivity contribution in [1.82, 2.24) is 20.2 Å². The molecule has 0 aliphatic carbocycles. The minimum atomic E-state index is -0.288. The van der Waals surface area contributed by atoms with Gasteiger partial charge in [-0.05, 0) is 35.0 Å². The van der Waals surface area contributed by atoms with Crippen molar-refractivity contribution in [2.75, 3.05) is 5.32 Å². The van der Waals surface area contributed by atoms with Crippen LogP contribution in [0, 0.1) is 11.3 Å². The van der Waals surface area contributed by atoms with Crippen molar-refractivity contribution in [3.63, 3.8) is 0 Å². The van der Waals surface area contributed by atoms with E-state index in [9.17, 15) is 4.79 Å². The van der Waals surface area contributed by atoms with Crippen LogP contribution in [-0.2, 0) is 6.54 Å². The van der Waals surface area contributed by atoms with Crippen molar-refractivity contribution < 1.29 is 4.79 Å². The van der Waals surface area contributed by atoms with Gasteiger partial charge in [0.2, 0.25) is 0 Å². The largest absolute Gasteiger partial charge is 0.288 e. The SMILES string of the molecule is N#Cc1ccc(Cn2nnc(NC(=O)c3ccccc3)n2)cc1. The van der Waals surface area contributed by atoms with E-state index >= 15 is 0 Å². The first-order valence-electron chi connectivity index (χ1n) is 6.88. The van der Waals surface area contributed by atoms with Gasteiger partial charge >= 0.3 is 0 Å². The quantitative estimate of drug-likeness (QED) is 0.793. The summed E-state index contributed by atoms with van der Waals surface area (Å²) >= 11 is 0.